The van der Waals surface area contributed by atoms with Gasteiger partial charge in [0.05, 0.1) is 32.8 Å². The predicted octanol–water partition coefficient (Wildman–Crippen LogP) is 6.92. The SMILES string of the molecule is CC(C)(C)S(=O)(=O)CC(C1CC1)N1C(=O)[C@](C)(Cc2ncc(C(=O)O)s2)OC(c2cccc(Cl)c2)C1c1ccc(Cl)c(F)c1. The quantitative estimate of drug-likeness (QED) is 0.261. The molecule has 236 valence electrons. The molecule has 2 heterocycles. The van der Waals surface area contributed by atoms with Crippen molar-refractivity contribution in [2.24, 2.45) is 5.92 Å². The molecule has 2 aromatic carbocycles. The molecule has 1 saturated heterocycles. The van der Waals surface area contributed by atoms with E-state index in [2.05, 4.69) is 4.98 Å². The Hall–Kier alpha value is -2.57. The zero-order chi connectivity index (χ0) is 32.2. The Balaban J connectivity index is 1.71. The van der Waals surface area contributed by atoms with Gasteiger partial charge in [0.1, 0.15) is 16.8 Å². The van der Waals surface area contributed by atoms with Crippen molar-refractivity contribution >= 4 is 56.3 Å². The average Bonchev–Trinajstić information content (AvgIpc) is 3.67. The van der Waals surface area contributed by atoms with Crippen LogP contribution in [0.15, 0.2) is 48.7 Å². The van der Waals surface area contributed by atoms with E-state index in [1.807, 2.05) is 0 Å². The molecule has 1 aromatic heterocycles. The second-order valence-electron chi connectivity index (χ2n) is 12.6. The normalized spacial score (nSPS) is 23.5. The summed E-state index contributed by atoms with van der Waals surface area (Å²) < 4.78 is 48.0. The van der Waals surface area contributed by atoms with Gasteiger partial charge in [0.2, 0.25) is 0 Å². The molecule has 2 aliphatic rings. The highest BCUT2D eigenvalue weighted by Crippen LogP contribution is 2.51. The number of hydrogen-bond donors (Lipinski definition) is 1. The Morgan fingerprint density at radius 3 is 2.48 bits per heavy atom. The zero-order valence-electron chi connectivity index (χ0n) is 24.6. The van der Waals surface area contributed by atoms with Gasteiger partial charge in [-0.3, -0.25) is 4.79 Å². The van der Waals surface area contributed by atoms with Gasteiger partial charge < -0.3 is 14.7 Å². The number of aromatic carboxylic acids is 1. The molecule has 2 fully saturated rings. The summed E-state index contributed by atoms with van der Waals surface area (Å²) >= 11 is 13.4. The van der Waals surface area contributed by atoms with Crippen LogP contribution in [0.3, 0.4) is 0 Å². The summed E-state index contributed by atoms with van der Waals surface area (Å²) in [6.07, 6.45) is 1.71. The number of morpholine rings is 1. The first-order valence-electron chi connectivity index (χ1n) is 14.1. The number of sulfone groups is 1. The molecule has 4 atom stereocenters. The molecule has 8 nitrogen and oxygen atoms in total. The van der Waals surface area contributed by atoms with Gasteiger partial charge in [-0.2, -0.15) is 0 Å². The van der Waals surface area contributed by atoms with Crippen LogP contribution >= 0.6 is 34.5 Å². The van der Waals surface area contributed by atoms with Crippen LogP contribution in [-0.2, 0) is 25.8 Å². The van der Waals surface area contributed by atoms with Gasteiger partial charge in [-0.15, -0.1) is 11.3 Å². The van der Waals surface area contributed by atoms with Crippen molar-refractivity contribution in [3.63, 3.8) is 0 Å². The largest absolute Gasteiger partial charge is 0.477 e. The number of carbonyl (C=O) groups is 2. The fraction of sp³-hybridized carbons (Fsp3) is 0.452. The molecule has 44 heavy (non-hydrogen) atoms. The number of carbonyl (C=O) groups excluding carboxylic acids is 1. The number of nitrogens with zero attached hydrogens (tertiary/aromatic N) is 2. The summed E-state index contributed by atoms with van der Waals surface area (Å²) in [5.41, 5.74) is -0.602. The molecule has 0 radical (unpaired) electrons. The number of benzene rings is 2. The molecule has 5 rings (SSSR count). The van der Waals surface area contributed by atoms with Crippen molar-refractivity contribution in [1.82, 2.24) is 9.88 Å². The minimum atomic E-state index is -3.71. The van der Waals surface area contributed by atoms with E-state index in [0.29, 0.717) is 21.2 Å². The highest BCUT2D eigenvalue weighted by atomic mass is 35.5. The van der Waals surface area contributed by atoms with Crippen molar-refractivity contribution in [2.75, 3.05) is 5.75 Å². The van der Waals surface area contributed by atoms with Crippen molar-refractivity contribution in [3.05, 3.63) is 85.5 Å². The van der Waals surface area contributed by atoms with Crippen molar-refractivity contribution in [2.45, 2.75) is 75.5 Å². The molecule has 1 N–H and O–H groups in total. The molecule has 0 bridgehead atoms. The lowest BCUT2D eigenvalue weighted by Gasteiger charge is -2.52. The second-order valence-corrected chi connectivity index (χ2v) is 17.3. The van der Waals surface area contributed by atoms with Crippen LogP contribution in [0.5, 0.6) is 0 Å². The minimum Gasteiger partial charge on any atom is -0.477 e. The van der Waals surface area contributed by atoms with Gasteiger partial charge in [-0.25, -0.2) is 22.6 Å². The lowest BCUT2D eigenvalue weighted by Crippen LogP contribution is -2.62. The van der Waals surface area contributed by atoms with Gasteiger partial charge in [-0.05, 0) is 81.8 Å². The molecular weight excluding hydrogens is 650 g/mol. The van der Waals surface area contributed by atoms with Crippen LogP contribution < -0.4 is 0 Å². The number of carboxylic acids is 1. The fourth-order valence-electron chi connectivity index (χ4n) is 5.56. The van der Waals surface area contributed by atoms with Crippen LogP contribution in [-0.4, -0.2) is 57.4 Å². The number of thiazole rings is 1. The van der Waals surface area contributed by atoms with Crippen LogP contribution in [0, 0.1) is 11.7 Å². The first-order valence-corrected chi connectivity index (χ1v) is 17.3. The van der Waals surface area contributed by atoms with E-state index in [0.717, 1.165) is 24.2 Å². The molecule has 1 amide bonds. The highest BCUT2D eigenvalue weighted by Gasteiger charge is 2.56. The van der Waals surface area contributed by atoms with Gasteiger partial charge in [0, 0.05) is 17.5 Å². The Labute approximate surface area is 270 Å². The number of amides is 1. The summed E-state index contributed by atoms with van der Waals surface area (Å²) in [5, 5.41) is 10.1. The monoisotopic (exact) mass is 682 g/mol. The molecule has 0 spiro atoms. The third-order valence-corrected chi connectivity index (χ3v) is 12.4. The van der Waals surface area contributed by atoms with Gasteiger partial charge in [-0.1, -0.05) is 41.4 Å². The smallest absolute Gasteiger partial charge is 0.347 e. The molecule has 3 unspecified atom stereocenters. The third kappa shape index (κ3) is 6.53. The second kappa shape index (κ2) is 12.0. The standard InChI is InChI=1S/C31H33Cl2FN2O6S2/c1-30(2,3)44(40,41)16-23(17-8-9-17)36-26(18-10-11-21(33)22(34)13-18)27(19-6-5-7-20(32)12-19)42-31(4,29(36)39)14-25-35-15-24(43-25)28(37)38/h5-7,10-13,15,17,23,26-27H,8-9,14,16H2,1-4H3,(H,37,38)/t23?,26?,27?,31-/m0/s1. The van der Waals surface area contributed by atoms with E-state index in [1.165, 1.54) is 18.3 Å². The average molecular weight is 684 g/mol. The van der Waals surface area contributed by atoms with Crippen molar-refractivity contribution < 1.29 is 32.2 Å². The molecule has 1 aliphatic carbocycles. The molecule has 13 heteroatoms. The highest BCUT2D eigenvalue weighted by molar-refractivity contribution is 7.92. The number of halogens is 3. The topological polar surface area (TPSA) is 114 Å². The lowest BCUT2D eigenvalue weighted by molar-refractivity contribution is -0.202. The summed E-state index contributed by atoms with van der Waals surface area (Å²) in [4.78, 5) is 32.2. The first-order chi connectivity index (χ1) is 20.5. The maximum Gasteiger partial charge on any atom is 0.347 e. The van der Waals surface area contributed by atoms with Crippen LogP contribution in [0.25, 0.3) is 0 Å². The molecule has 1 saturated carbocycles. The Morgan fingerprint density at radius 2 is 1.91 bits per heavy atom. The predicted molar refractivity (Wildman–Crippen MR) is 168 cm³/mol. The van der Waals surface area contributed by atoms with E-state index in [9.17, 15) is 23.1 Å². The maximum absolute atomic E-state index is 15.0. The molecular formula is C31H33Cl2FN2O6S2. The summed E-state index contributed by atoms with van der Waals surface area (Å²) in [5.74, 6) is -2.72. The Morgan fingerprint density at radius 1 is 1.20 bits per heavy atom. The van der Waals surface area contributed by atoms with Crippen LogP contribution in [0.2, 0.25) is 10.0 Å². The van der Waals surface area contributed by atoms with E-state index >= 15 is 4.39 Å². The number of hydrogen-bond acceptors (Lipinski definition) is 7. The van der Waals surface area contributed by atoms with E-state index in [4.69, 9.17) is 27.9 Å². The van der Waals surface area contributed by atoms with Crippen LogP contribution in [0.4, 0.5) is 4.39 Å². The van der Waals surface area contributed by atoms with Gasteiger partial charge in [0.25, 0.3) is 5.91 Å². The Bertz CT molecular complexity index is 1700. The first kappa shape index (κ1) is 32.8. The Kier molecular flexibility index (Phi) is 8.94. The van der Waals surface area contributed by atoms with Crippen molar-refractivity contribution in [3.8, 4) is 0 Å². The van der Waals surface area contributed by atoms with E-state index < -0.39 is 56.1 Å². The lowest BCUT2D eigenvalue weighted by atomic mass is 9.85. The maximum atomic E-state index is 15.0. The minimum absolute atomic E-state index is 0.0109. The number of aromatic nitrogens is 1. The van der Waals surface area contributed by atoms with Gasteiger partial charge in [0.15, 0.2) is 15.4 Å². The summed E-state index contributed by atoms with van der Waals surface area (Å²) in [6, 6.07) is 9.50. The zero-order valence-corrected chi connectivity index (χ0v) is 27.7. The number of carboxylic acid groups (broad SMARTS) is 1. The number of rotatable bonds is 9. The fourth-order valence-corrected chi connectivity index (χ4v) is 8.16. The van der Waals surface area contributed by atoms with E-state index in [1.54, 1.807) is 62.9 Å². The molecule has 3 aromatic rings. The van der Waals surface area contributed by atoms with Crippen molar-refractivity contribution in [1.29, 1.82) is 0 Å². The van der Waals surface area contributed by atoms with E-state index in [-0.39, 0.29) is 28.0 Å². The molecule has 1 aliphatic heterocycles. The van der Waals surface area contributed by atoms with Crippen LogP contribution in [0.1, 0.15) is 78.5 Å². The third-order valence-electron chi connectivity index (χ3n) is 8.22. The summed E-state index contributed by atoms with van der Waals surface area (Å²) in [6.45, 7) is 6.48. The number of ether oxygens (including phenoxy) is 1. The summed E-state index contributed by atoms with van der Waals surface area (Å²) in [7, 11) is -3.71. The van der Waals surface area contributed by atoms with Gasteiger partial charge >= 0.3 is 5.97 Å².